The molecule has 2 unspecified atom stereocenters. The van der Waals surface area contributed by atoms with Gasteiger partial charge in [0, 0.05) is 33.2 Å². The molecule has 0 aromatic carbocycles. The summed E-state index contributed by atoms with van der Waals surface area (Å²) in [6, 6.07) is 0.630. The molecule has 116 valence electrons. The van der Waals surface area contributed by atoms with E-state index in [4.69, 9.17) is 0 Å². The Morgan fingerprint density at radius 2 is 1.95 bits per heavy atom. The second kappa shape index (κ2) is 6.03. The van der Waals surface area contributed by atoms with Crippen molar-refractivity contribution < 1.29 is 0 Å². The predicted molar refractivity (Wildman–Crippen MR) is 86.0 cm³/mol. The molecule has 1 saturated heterocycles. The average molecular weight is 290 g/mol. The topological polar surface area (TPSA) is 57.2 Å². The molecule has 1 aromatic rings. The van der Waals surface area contributed by atoms with Crippen LogP contribution >= 0.6 is 0 Å². The van der Waals surface area contributed by atoms with Gasteiger partial charge in [0.1, 0.15) is 0 Å². The molecule has 2 atom stereocenters. The first kappa shape index (κ1) is 14.4. The molecule has 1 aliphatic heterocycles. The summed E-state index contributed by atoms with van der Waals surface area (Å²) in [6.07, 6.45) is 6.66. The van der Waals surface area contributed by atoms with Gasteiger partial charge in [-0.15, -0.1) is 0 Å². The van der Waals surface area contributed by atoms with E-state index in [9.17, 15) is 0 Å². The smallest absolute Gasteiger partial charge is 0.232 e. The zero-order valence-corrected chi connectivity index (χ0v) is 13.3. The van der Waals surface area contributed by atoms with E-state index in [1.165, 1.54) is 32.1 Å². The molecule has 0 bridgehead atoms. The molecule has 3 rings (SSSR count). The third kappa shape index (κ3) is 2.89. The van der Waals surface area contributed by atoms with Gasteiger partial charge in [0.05, 0.1) is 0 Å². The highest BCUT2D eigenvalue weighted by Crippen LogP contribution is 2.38. The quantitative estimate of drug-likeness (QED) is 0.917. The van der Waals surface area contributed by atoms with Crippen molar-refractivity contribution >= 4 is 17.8 Å². The minimum absolute atomic E-state index is 0.630. The van der Waals surface area contributed by atoms with Crippen molar-refractivity contribution in [3.8, 4) is 0 Å². The van der Waals surface area contributed by atoms with Crippen LogP contribution in [0.3, 0.4) is 0 Å². The maximum atomic E-state index is 4.68. The fourth-order valence-electron chi connectivity index (χ4n) is 3.57. The fraction of sp³-hybridized carbons (Fsp3) is 0.800. The van der Waals surface area contributed by atoms with Crippen LogP contribution in [0.2, 0.25) is 0 Å². The van der Waals surface area contributed by atoms with Gasteiger partial charge in [0.2, 0.25) is 17.8 Å². The Bertz CT molecular complexity index is 489. The minimum Gasteiger partial charge on any atom is -0.354 e. The SMILES string of the molecule is CCNc1nc(N(C)C)nc(N2CCC3CCCCC32)n1. The van der Waals surface area contributed by atoms with E-state index in [-0.39, 0.29) is 0 Å². The number of hydrogen-bond donors (Lipinski definition) is 1. The molecular formula is C15H26N6. The van der Waals surface area contributed by atoms with Crippen LogP contribution in [0.5, 0.6) is 0 Å². The van der Waals surface area contributed by atoms with Crippen LogP contribution in [-0.4, -0.2) is 48.2 Å². The molecule has 1 aliphatic carbocycles. The molecule has 2 aliphatic rings. The number of anilines is 3. The Morgan fingerprint density at radius 1 is 1.14 bits per heavy atom. The van der Waals surface area contributed by atoms with E-state index in [1.807, 2.05) is 19.0 Å². The summed E-state index contributed by atoms with van der Waals surface area (Å²) < 4.78 is 0. The van der Waals surface area contributed by atoms with Crippen LogP contribution < -0.4 is 15.1 Å². The van der Waals surface area contributed by atoms with Crippen molar-refractivity contribution in [2.24, 2.45) is 5.92 Å². The number of hydrogen-bond acceptors (Lipinski definition) is 6. The van der Waals surface area contributed by atoms with Crippen LogP contribution in [-0.2, 0) is 0 Å². The first-order valence-electron chi connectivity index (χ1n) is 8.13. The highest BCUT2D eigenvalue weighted by atomic mass is 15.4. The fourth-order valence-corrected chi connectivity index (χ4v) is 3.57. The van der Waals surface area contributed by atoms with Gasteiger partial charge < -0.3 is 15.1 Å². The molecule has 2 fully saturated rings. The Kier molecular flexibility index (Phi) is 4.12. The third-order valence-electron chi connectivity index (χ3n) is 4.61. The van der Waals surface area contributed by atoms with E-state index >= 15 is 0 Å². The van der Waals surface area contributed by atoms with Crippen molar-refractivity contribution in [1.29, 1.82) is 0 Å². The Labute approximate surface area is 127 Å². The predicted octanol–water partition coefficient (Wildman–Crippen LogP) is 2.14. The maximum absolute atomic E-state index is 4.68. The zero-order valence-electron chi connectivity index (χ0n) is 13.3. The van der Waals surface area contributed by atoms with Gasteiger partial charge >= 0.3 is 0 Å². The lowest BCUT2D eigenvalue weighted by molar-refractivity contribution is 0.341. The van der Waals surface area contributed by atoms with Gasteiger partial charge in [-0.25, -0.2) is 0 Å². The van der Waals surface area contributed by atoms with Gasteiger partial charge in [-0.2, -0.15) is 15.0 Å². The number of nitrogens with one attached hydrogen (secondary N) is 1. The zero-order chi connectivity index (χ0) is 14.8. The molecule has 1 N–H and O–H groups in total. The molecular weight excluding hydrogens is 264 g/mol. The molecule has 1 saturated carbocycles. The van der Waals surface area contributed by atoms with E-state index in [0.717, 1.165) is 30.9 Å². The molecule has 0 radical (unpaired) electrons. The summed E-state index contributed by atoms with van der Waals surface area (Å²) in [5.41, 5.74) is 0. The van der Waals surface area contributed by atoms with E-state index < -0.39 is 0 Å². The normalized spacial score (nSPS) is 24.8. The molecule has 0 amide bonds. The van der Waals surface area contributed by atoms with E-state index in [1.54, 1.807) is 0 Å². The maximum Gasteiger partial charge on any atom is 0.232 e. The molecule has 6 nitrogen and oxygen atoms in total. The lowest BCUT2D eigenvalue weighted by Gasteiger charge is -2.32. The number of aromatic nitrogens is 3. The monoisotopic (exact) mass is 290 g/mol. The highest BCUT2D eigenvalue weighted by molar-refractivity contribution is 5.46. The Hall–Kier alpha value is -1.59. The minimum atomic E-state index is 0.630. The second-order valence-corrected chi connectivity index (χ2v) is 6.28. The van der Waals surface area contributed by atoms with Crippen molar-refractivity contribution in [1.82, 2.24) is 15.0 Å². The lowest BCUT2D eigenvalue weighted by Crippen LogP contribution is -2.36. The summed E-state index contributed by atoms with van der Waals surface area (Å²) in [5, 5.41) is 3.22. The molecule has 21 heavy (non-hydrogen) atoms. The first-order valence-corrected chi connectivity index (χ1v) is 8.13. The Balaban J connectivity index is 1.89. The van der Waals surface area contributed by atoms with Crippen molar-refractivity contribution in [2.75, 3.05) is 42.3 Å². The highest BCUT2D eigenvalue weighted by Gasteiger charge is 2.37. The number of fused-ring (bicyclic) bond motifs is 1. The summed E-state index contributed by atoms with van der Waals surface area (Å²) in [5.74, 6) is 3.10. The summed E-state index contributed by atoms with van der Waals surface area (Å²) in [7, 11) is 3.95. The number of nitrogens with zero attached hydrogens (tertiary/aromatic N) is 5. The molecule has 0 spiro atoms. The van der Waals surface area contributed by atoms with Crippen molar-refractivity contribution in [3.63, 3.8) is 0 Å². The third-order valence-corrected chi connectivity index (χ3v) is 4.61. The summed E-state index contributed by atoms with van der Waals surface area (Å²) in [4.78, 5) is 18.1. The second-order valence-electron chi connectivity index (χ2n) is 6.28. The molecule has 1 aromatic heterocycles. The lowest BCUT2D eigenvalue weighted by atomic mass is 9.85. The van der Waals surface area contributed by atoms with Gasteiger partial charge in [-0.05, 0) is 32.1 Å². The van der Waals surface area contributed by atoms with Gasteiger partial charge in [0.15, 0.2) is 0 Å². The van der Waals surface area contributed by atoms with E-state index in [2.05, 4.69) is 32.1 Å². The largest absolute Gasteiger partial charge is 0.354 e. The molecule has 2 heterocycles. The van der Waals surface area contributed by atoms with Crippen LogP contribution in [0, 0.1) is 5.92 Å². The summed E-state index contributed by atoms with van der Waals surface area (Å²) in [6.45, 7) is 3.96. The van der Waals surface area contributed by atoms with Crippen molar-refractivity contribution in [3.05, 3.63) is 0 Å². The van der Waals surface area contributed by atoms with Crippen LogP contribution in [0.15, 0.2) is 0 Å². The van der Waals surface area contributed by atoms with E-state index in [0.29, 0.717) is 12.0 Å². The van der Waals surface area contributed by atoms with Gasteiger partial charge in [-0.1, -0.05) is 12.8 Å². The molecule has 6 heteroatoms. The van der Waals surface area contributed by atoms with Gasteiger partial charge in [0.25, 0.3) is 0 Å². The summed E-state index contributed by atoms with van der Waals surface area (Å²) >= 11 is 0. The average Bonchev–Trinajstić information content (AvgIpc) is 2.91. The number of rotatable bonds is 4. The van der Waals surface area contributed by atoms with Crippen LogP contribution in [0.4, 0.5) is 17.8 Å². The van der Waals surface area contributed by atoms with Crippen LogP contribution in [0.25, 0.3) is 0 Å². The standard InChI is InChI=1S/C15H26N6/c1-4-16-13-17-14(20(2)3)19-15(18-13)21-10-9-11-7-5-6-8-12(11)21/h11-12H,4-10H2,1-3H3,(H,16,17,18,19). The van der Waals surface area contributed by atoms with Crippen molar-refractivity contribution in [2.45, 2.75) is 45.1 Å². The van der Waals surface area contributed by atoms with Crippen LogP contribution in [0.1, 0.15) is 39.0 Å². The Morgan fingerprint density at radius 3 is 2.71 bits per heavy atom. The first-order chi connectivity index (χ1) is 10.2. The van der Waals surface area contributed by atoms with Gasteiger partial charge in [-0.3, -0.25) is 0 Å².